The van der Waals surface area contributed by atoms with Crippen molar-refractivity contribution in [3.05, 3.63) is 29.6 Å². The Balaban J connectivity index is 2.06. The molecule has 0 heterocycles. The molecule has 0 saturated heterocycles. The molecular weight excluding hydrogens is 277 g/mol. The summed E-state index contributed by atoms with van der Waals surface area (Å²) in [5, 5.41) is 0.173. The lowest BCUT2D eigenvalue weighted by Gasteiger charge is -2.30. The Morgan fingerprint density at radius 2 is 2.11 bits per heavy atom. The smallest absolute Gasteiger partial charge is 0.211 e. The zero-order valence-corrected chi connectivity index (χ0v) is 11.6. The second-order valence-electron chi connectivity index (χ2n) is 4.70. The molecule has 0 unspecified atom stereocenters. The number of hydrogen-bond acceptors (Lipinski definition) is 2. The molecule has 1 N–H and O–H groups in total. The van der Waals surface area contributed by atoms with Crippen LogP contribution in [0, 0.1) is 18.7 Å². The molecule has 0 amide bonds. The number of alkyl halides is 1. The number of aryl methyl sites for hydroxylation is 1. The monoisotopic (exact) mass is 291 g/mol. The number of benzene rings is 1. The average Bonchev–Trinajstić information content (AvgIpc) is 2.22. The van der Waals surface area contributed by atoms with E-state index in [1.54, 1.807) is 6.92 Å². The van der Waals surface area contributed by atoms with E-state index in [1.807, 2.05) is 0 Å². The lowest BCUT2D eigenvalue weighted by atomic mass is 9.85. The van der Waals surface area contributed by atoms with Gasteiger partial charge < -0.3 is 0 Å². The van der Waals surface area contributed by atoms with Crippen molar-refractivity contribution in [3.63, 3.8) is 0 Å². The zero-order chi connectivity index (χ0) is 13.3. The van der Waals surface area contributed by atoms with Crippen LogP contribution in [-0.4, -0.2) is 20.3 Å². The molecule has 1 saturated carbocycles. The summed E-state index contributed by atoms with van der Waals surface area (Å²) < 4.78 is 39.5. The van der Waals surface area contributed by atoms with Gasteiger partial charge in [0.2, 0.25) is 10.0 Å². The molecule has 0 radical (unpaired) electrons. The Morgan fingerprint density at radius 1 is 1.44 bits per heavy atom. The molecule has 1 fully saturated rings. The average molecular weight is 292 g/mol. The van der Waals surface area contributed by atoms with E-state index in [2.05, 4.69) is 4.72 Å². The van der Waals surface area contributed by atoms with Gasteiger partial charge in [0, 0.05) is 11.9 Å². The van der Waals surface area contributed by atoms with E-state index in [-0.39, 0.29) is 10.3 Å². The second-order valence-corrected chi connectivity index (χ2v) is 7.05. The van der Waals surface area contributed by atoms with Gasteiger partial charge in [-0.25, -0.2) is 17.5 Å². The second kappa shape index (κ2) is 5.15. The molecule has 0 bridgehead atoms. The fourth-order valence-corrected chi connectivity index (χ4v) is 3.89. The highest BCUT2D eigenvalue weighted by Gasteiger charge is 2.28. The Kier molecular flexibility index (Phi) is 3.94. The molecular formula is C12H15ClFNO2S. The summed E-state index contributed by atoms with van der Waals surface area (Å²) >= 11 is 5.83. The molecule has 6 heteroatoms. The molecule has 100 valence electrons. The maximum Gasteiger partial charge on any atom is 0.240 e. The fraction of sp³-hybridized carbons (Fsp3) is 0.500. The molecule has 1 aromatic carbocycles. The standard InChI is InChI=1S/C12H15ClFNO2S/c1-8-4-11(14)2-3-12(8)18(16,17)15-7-9-5-10(13)6-9/h2-4,9-10,15H,5-7H2,1H3. The lowest BCUT2D eigenvalue weighted by molar-refractivity contribution is 0.324. The third-order valence-corrected chi connectivity index (χ3v) is 5.11. The summed E-state index contributed by atoms with van der Waals surface area (Å²) in [5.74, 6) is -0.126. The Labute approximate surface area is 111 Å². The Bertz CT molecular complexity index is 541. The van der Waals surface area contributed by atoms with E-state index >= 15 is 0 Å². The van der Waals surface area contributed by atoms with Crippen molar-refractivity contribution < 1.29 is 12.8 Å². The topological polar surface area (TPSA) is 46.2 Å². The van der Waals surface area contributed by atoms with Gasteiger partial charge in [-0.3, -0.25) is 0 Å². The predicted molar refractivity (Wildman–Crippen MR) is 68.7 cm³/mol. The third kappa shape index (κ3) is 3.02. The van der Waals surface area contributed by atoms with Gasteiger partial charge in [0.1, 0.15) is 5.82 Å². The summed E-state index contributed by atoms with van der Waals surface area (Å²) in [6.07, 6.45) is 1.68. The quantitative estimate of drug-likeness (QED) is 0.866. The highest BCUT2D eigenvalue weighted by atomic mass is 35.5. The normalized spacial score (nSPS) is 23.7. The van der Waals surface area contributed by atoms with Crippen molar-refractivity contribution in [3.8, 4) is 0 Å². The van der Waals surface area contributed by atoms with Gasteiger partial charge in [0.25, 0.3) is 0 Å². The number of hydrogen-bond donors (Lipinski definition) is 1. The van der Waals surface area contributed by atoms with Gasteiger partial charge in [0.15, 0.2) is 0 Å². The predicted octanol–water partition coefficient (Wildman–Crippen LogP) is 2.43. The van der Waals surface area contributed by atoms with Gasteiger partial charge in [-0.1, -0.05) is 0 Å². The molecule has 1 aliphatic carbocycles. The van der Waals surface area contributed by atoms with Gasteiger partial charge in [-0.2, -0.15) is 0 Å². The van der Waals surface area contributed by atoms with E-state index in [9.17, 15) is 12.8 Å². The Morgan fingerprint density at radius 3 is 2.67 bits per heavy atom. The molecule has 1 aliphatic rings. The number of sulfonamides is 1. The van der Waals surface area contributed by atoms with Gasteiger partial charge in [-0.05, 0) is 49.4 Å². The van der Waals surface area contributed by atoms with Crippen LogP contribution >= 0.6 is 11.6 Å². The van der Waals surface area contributed by atoms with Crippen molar-refractivity contribution in [1.82, 2.24) is 4.72 Å². The van der Waals surface area contributed by atoms with Gasteiger partial charge in [0.05, 0.1) is 4.90 Å². The van der Waals surface area contributed by atoms with Crippen LogP contribution in [0.25, 0.3) is 0 Å². The maximum atomic E-state index is 12.9. The molecule has 18 heavy (non-hydrogen) atoms. The molecule has 1 aromatic rings. The van der Waals surface area contributed by atoms with Crippen LogP contribution in [0.3, 0.4) is 0 Å². The summed E-state index contributed by atoms with van der Waals surface area (Å²) in [7, 11) is -3.56. The van der Waals surface area contributed by atoms with Crippen LogP contribution in [0.4, 0.5) is 4.39 Å². The van der Waals surface area contributed by atoms with Crippen LogP contribution < -0.4 is 4.72 Å². The minimum Gasteiger partial charge on any atom is -0.211 e. The van der Waals surface area contributed by atoms with Crippen molar-refractivity contribution in [1.29, 1.82) is 0 Å². The molecule has 2 rings (SSSR count). The minimum absolute atomic E-state index is 0.130. The van der Waals surface area contributed by atoms with E-state index < -0.39 is 15.8 Å². The summed E-state index contributed by atoms with van der Waals surface area (Å²) in [4.78, 5) is 0.130. The first-order valence-electron chi connectivity index (χ1n) is 5.78. The van der Waals surface area contributed by atoms with Crippen molar-refractivity contribution in [2.24, 2.45) is 5.92 Å². The summed E-state index contributed by atoms with van der Waals surface area (Å²) in [6, 6.07) is 3.66. The van der Waals surface area contributed by atoms with Crippen LogP contribution in [0.1, 0.15) is 18.4 Å². The Hall–Kier alpha value is -0.650. The van der Waals surface area contributed by atoms with Crippen LogP contribution in [-0.2, 0) is 10.0 Å². The van der Waals surface area contributed by atoms with Crippen molar-refractivity contribution >= 4 is 21.6 Å². The first-order valence-corrected chi connectivity index (χ1v) is 7.70. The number of rotatable bonds is 4. The third-order valence-electron chi connectivity index (χ3n) is 3.17. The van der Waals surface area contributed by atoms with Gasteiger partial charge in [-0.15, -0.1) is 11.6 Å². The molecule has 0 aliphatic heterocycles. The van der Waals surface area contributed by atoms with Crippen LogP contribution in [0.15, 0.2) is 23.1 Å². The van der Waals surface area contributed by atoms with Crippen molar-refractivity contribution in [2.75, 3.05) is 6.54 Å². The maximum absolute atomic E-state index is 12.9. The largest absolute Gasteiger partial charge is 0.240 e. The first kappa shape index (κ1) is 13.8. The SMILES string of the molecule is Cc1cc(F)ccc1S(=O)(=O)NCC1CC(Cl)C1. The number of halogens is 2. The van der Waals surface area contributed by atoms with Gasteiger partial charge >= 0.3 is 0 Å². The van der Waals surface area contributed by atoms with E-state index in [0.717, 1.165) is 18.9 Å². The molecule has 0 atom stereocenters. The molecule has 0 aromatic heterocycles. The van der Waals surface area contributed by atoms with Crippen LogP contribution in [0.5, 0.6) is 0 Å². The lowest BCUT2D eigenvalue weighted by Crippen LogP contribution is -2.36. The summed E-state index contributed by atoms with van der Waals surface area (Å²) in [6.45, 7) is 1.97. The van der Waals surface area contributed by atoms with Crippen molar-refractivity contribution in [2.45, 2.75) is 30.0 Å². The first-order chi connectivity index (χ1) is 8.38. The summed E-state index contributed by atoms with van der Waals surface area (Å²) in [5.41, 5.74) is 0.409. The minimum atomic E-state index is -3.56. The van der Waals surface area contributed by atoms with Crippen LogP contribution in [0.2, 0.25) is 0 Å². The zero-order valence-electron chi connectivity index (χ0n) is 9.99. The molecule has 0 spiro atoms. The number of nitrogens with one attached hydrogen (secondary N) is 1. The highest BCUT2D eigenvalue weighted by molar-refractivity contribution is 7.89. The van der Waals surface area contributed by atoms with E-state index in [4.69, 9.17) is 11.6 Å². The fourth-order valence-electron chi connectivity index (χ4n) is 2.04. The van der Waals surface area contributed by atoms with E-state index in [0.29, 0.717) is 18.0 Å². The van der Waals surface area contributed by atoms with E-state index in [1.165, 1.54) is 12.1 Å². The highest BCUT2D eigenvalue weighted by Crippen LogP contribution is 2.31. The molecule has 3 nitrogen and oxygen atoms in total.